The number of hydrogen-bond donors (Lipinski definition) is 0. The van der Waals surface area contributed by atoms with Gasteiger partial charge in [-0.05, 0) is 0 Å². The quantitative estimate of drug-likeness (QED) is 0.320. The minimum atomic E-state index is 0. The largest absolute Gasteiger partial charge is 4.00 e. The van der Waals surface area contributed by atoms with Crippen LogP contribution in [0.2, 0.25) is 0 Å². The molecule has 0 N–H and O–H groups in total. The second-order valence-corrected chi connectivity index (χ2v) is 0. The van der Waals surface area contributed by atoms with Crippen molar-refractivity contribution in [2.75, 3.05) is 0 Å². The van der Waals surface area contributed by atoms with Gasteiger partial charge in [-0.25, -0.2) is 0 Å². The molecule has 0 bridgehead atoms. The molecule has 0 saturated carbocycles. The van der Waals surface area contributed by atoms with Gasteiger partial charge in [-0.2, -0.15) is 0 Å². The fourth-order valence-corrected chi connectivity index (χ4v) is 0. The molecule has 0 aliphatic rings. The van der Waals surface area contributed by atoms with Crippen molar-refractivity contribution >= 4 is 40.5 Å². The van der Waals surface area contributed by atoms with Crippen molar-refractivity contribution in [3.05, 3.63) is 10.5 Å². The van der Waals surface area contributed by atoms with Crippen molar-refractivity contribution in [1.82, 2.24) is 0 Å². The Labute approximate surface area is 70.3 Å². The van der Waals surface area contributed by atoms with Crippen LogP contribution < -0.4 is 0 Å². The monoisotopic (exact) mass is 231 g/mol. The Kier molecular flexibility index (Phi) is 993. The van der Waals surface area contributed by atoms with Crippen LogP contribution >= 0.6 is 0 Å². The molecular weight excluding hydrogens is 227 g/mol. The van der Waals surface area contributed by atoms with E-state index in [0.717, 1.165) is 0 Å². The molecule has 6 heteroatoms. The Morgan fingerprint density at radius 2 is 0.833 bits per heavy atom. The Hall–Kier alpha value is 1.27. The molecule has 0 radical (unpaired) electrons. The fourth-order valence-electron chi connectivity index (χ4n) is 0. The van der Waals surface area contributed by atoms with E-state index in [2.05, 4.69) is 0 Å². The molecule has 0 amide bonds. The number of nitroso groups, excluding NO2 is 1. The Bertz CT molecular complexity index is 10.8. The molecular formula is H3NORuS3. The molecule has 0 atom stereocenters. The molecule has 0 heterocycles. The van der Waals surface area contributed by atoms with Gasteiger partial charge in [0.1, 0.15) is 0 Å². The van der Waals surface area contributed by atoms with E-state index >= 15 is 0 Å². The Morgan fingerprint density at radius 1 is 0.833 bits per heavy atom. The van der Waals surface area contributed by atoms with Gasteiger partial charge in [-0.1, -0.05) is 0 Å². The maximum atomic E-state index is 7.25. The van der Waals surface area contributed by atoms with E-state index < -0.39 is 0 Å². The van der Waals surface area contributed by atoms with Crippen LogP contribution in [0.4, 0.5) is 0 Å². The molecule has 0 aliphatic heterocycles. The summed E-state index contributed by atoms with van der Waals surface area (Å²) in [4.78, 5) is 7.25. The van der Waals surface area contributed by atoms with E-state index in [1.807, 2.05) is 0 Å². The third-order valence-corrected chi connectivity index (χ3v) is 0. The van der Waals surface area contributed by atoms with Gasteiger partial charge in [0, 0.05) is 0 Å². The molecule has 0 spiro atoms. The van der Waals surface area contributed by atoms with Crippen molar-refractivity contribution in [2.24, 2.45) is 0 Å². The summed E-state index contributed by atoms with van der Waals surface area (Å²) in [7, 11) is 0. The third kappa shape index (κ3) is 59.4. The predicted octanol–water partition coefficient (Wildman–Crippen LogP) is -0.491. The summed E-state index contributed by atoms with van der Waals surface area (Å²) in [6, 6.07) is 0. The van der Waals surface area contributed by atoms with Gasteiger partial charge < -0.3 is 51.0 Å². The summed E-state index contributed by atoms with van der Waals surface area (Å²) in [5.41, 5.74) is 5.75. The molecule has 0 rings (SSSR count). The zero-order valence-corrected chi connectivity index (χ0v) is 6.97. The number of nitrogens with zero attached hydrogens (tertiary/aromatic N) is 1. The van der Waals surface area contributed by atoms with E-state index in [4.69, 9.17) is 10.5 Å². The molecule has 40 valence electrons. The van der Waals surface area contributed by atoms with Gasteiger partial charge in [0.25, 0.3) is 0 Å². The number of rotatable bonds is 0. The van der Waals surface area contributed by atoms with Crippen LogP contribution in [0.1, 0.15) is 0 Å². The summed E-state index contributed by atoms with van der Waals surface area (Å²) >= 11 is 0. The Balaban J connectivity index is -0.000000000833. The van der Waals surface area contributed by atoms with E-state index in [0.29, 0.717) is 0 Å². The van der Waals surface area contributed by atoms with Gasteiger partial charge in [0.05, 0.1) is 0 Å². The van der Waals surface area contributed by atoms with E-state index in [-0.39, 0.29) is 60.0 Å². The minimum Gasteiger partial charge on any atom is -0.813 e. The SMILES string of the molecule is [N-]=O.[Ru+4].[SH-].[SH-].[SH-]. The molecule has 0 aliphatic carbocycles. The van der Waals surface area contributed by atoms with Gasteiger partial charge in [-0.3, -0.25) is 0 Å². The molecule has 0 fully saturated rings. The summed E-state index contributed by atoms with van der Waals surface area (Å²) < 4.78 is 0. The minimum absolute atomic E-state index is 0. The van der Waals surface area contributed by atoms with E-state index in [1.165, 1.54) is 0 Å². The molecule has 0 aromatic heterocycles. The van der Waals surface area contributed by atoms with Crippen LogP contribution in [-0.4, -0.2) is 0 Å². The van der Waals surface area contributed by atoms with Gasteiger partial charge >= 0.3 is 19.5 Å². The van der Waals surface area contributed by atoms with Crippen LogP contribution in [-0.2, 0) is 60.0 Å². The van der Waals surface area contributed by atoms with Gasteiger partial charge in [0.15, 0.2) is 0 Å². The average Bonchev–Trinajstić information content (AvgIpc) is 1.00. The van der Waals surface area contributed by atoms with Crippen molar-refractivity contribution in [3.63, 3.8) is 0 Å². The van der Waals surface area contributed by atoms with Gasteiger partial charge in [-0.15, -0.1) is 0 Å². The predicted molar refractivity (Wildman–Crippen MR) is 33.0 cm³/mol. The topological polar surface area (TPSA) is 39.4 Å². The number of thiol groups is 3. The van der Waals surface area contributed by atoms with Crippen molar-refractivity contribution in [2.45, 2.75) is 0 Å². The average molecular weight is 230 g/mol. The maximum absolute atomic E-state index is 7.25. The maximum Gasteiger partial charge on any atom is 4.00 e. The van der Waals surface area contributed by atoms with Crippen LogP contribution in [0.15, 0.2) is 0 Å². The van der Waals surface area contributed by atoms with Crippen LogP contribution in [0.25, 0.3) is 5.59 Å². The summed E-state index contributed by atoms with van der Waals surface area (Å²) in [5.74, 6) is 0. The first-order valence-corrected chi connectivity index (χ1v) is 0.183. The van der Waals surface area contributed by atoms with E-state index in [1.54, 1.807) is 0 Å². The van der Waals surface area contributed by atoms with Crippen LogP contribution in [0.5, 0.6) is 0 Å². The standard InChI is InChI=1S/NO.Ru.3H2S/c1-2;;;;/h;;3*1H2/q-1;+4;;;/p-3. The number of hydrogen-bond acceptors (Lipinski definition) is 4. The second-order valence-electron chi connectivity index (χ2n) is 0. The zero-order chi connectivity index (χ0) is 2.00. The first-order chi connectivity index (χ1) is 1.00. The molecule has 0 unspecified atom stereocenters. The van der Waals surface area contributed by atoms with Crippen LogP contribution in [0, 0.1) is 4.91 Å². The molecule has 0 saturated heterocycles. The first kappa shape index (κ1) is 55.4. The summed E-state index contributed by atoms with van der Waals surface area (Å²) in [6.07, 6.45) is 0. The second kappa shape index (κ2) is 108. The summed E-state index contributed by atoms with van der Waals surface area (Å²) in [5, 5.41) is 0. The molecule has 6 heavy (non-hydrogen) atoms. The first-order valence-electron chi connectivity index (χ1n) is 0.183. The van der Waals surface area contributed by atoms with Crippen molar-refractivity contribution in [1.29, 1.82) is 0 Å². The van der Waals surface area contributed by atoms with E-state index in [9.17, 15) is 0 Å². The summed E-state index contributed by atoms with van der Waals surface area (Å²) in [6.45, 7) is 0. The molecule has 0 aromatic carbocycles. The van der Waals surface area contributed by atoms with Gasteiger partial charge in [0.2, 0.25) is 0 Å². The van der Waals surface area contributed by atoms with Crippen molar-refractivity contribution in [3.8, 4) is 0 Å². The zero-order valence-electron chi connectivity index (χ0n) is 2.55. The molecule has 0 aromatic rings. The third-order valence-electron chi connectivity index (χ3n) is 0. The van der Waals surface area contributed by atoms with Crippen molar-refractivity contribution < 1.29 is 19.5 Å². The smallest absolute Gasteiger partial charge is 0.813 e. The fraction of sp³-hybridized carbons (Fsp3) is 0. The molecule has 2 nitrogen and oxygen atoms in total. The van der Waals surface area contributed by atoms with Crippen LogP contribution in [0.3, 0.4) is 0 Å². The Morgan fingerprint density at radius 3 is 0.833 bits per heavy atom. The normalized spacial score (nSPS) is 0.667.